The van der Waals surface area contributed by atoms with Crippen LogP contribution in [0.15, 0.2) is 23.1 Å². The van der Waals surface area contributed by atoms with Gasteiger partial charge in [-0.1, -0.05) is 17.7 Å². The van der Waals surface area contributed by atoms with Gasteiger partial charge in [0.05, 0.1) is 0 Å². The second-order valence-electron chi connectivity index (χ2n) is 1.35. The molecule has 0 nitrogen and oxygen atoms in total. The summed E-state index contributed by atoms with van der Waals surface area (Å²) in [6.07, 6.45) is 3.98. The fraction of sp³-hybridized carbons (Fsp3) is 0.333. The third-order valence-corrected chi connectivity index (χ3v) is 0.942. The highest BCUT2D eigenvalue weighted by Crippen LogP contribution is 1.93. The second-order valence-corrected chi connectivity index (χ2v) is 1.65. The monoisotopic (exact) mass is 114 g/mol. The molecule has 0 aliphatic rings. The summed E-state index contributed by atoms with van der Waals surface area (Å²) >= 11 is 3.89. The summed E-state index contributed by atoms with van der Waals surface area (Å²) in [4.78, 5) is 0. The van der Waals surface area contributed by atoms with Gasteiger partial charge in [0.1, 0.15) is 0 Å². The molecule has 7 heavy (non-hydrogen) atoms. The molecule has 1 heteroatoms. The SMILES string of the molecule is C/C=C(C)/C=C\S. The summed E-state index contributed by atoms with van der Waals surface area (Å²) in [6, 6.07) is 0. The first-order valence-corrected chi connectivity index (χ1v) is 2.76. The number of rotatable bonds is 1. The van der Waals surface area contributed by atoms with Gasteiger partial charge in [-0.2, -0.15) is 12.6 Å². The van der Waals surface area contributed by atoms with Crippen molar-refractivity contribution in [3.63, 3.8) is 0 Å². The fourth-order valence-electron chi connectivity index (χ4n) is 0.214. The minimum Gasteiger partial charge on any atom is -0.151 e. The topological polar surface area (TPSA) is 0 Å². The van der Waals surface area contributed by atoms with Gasteiger partial charge in [0.25, 0.3) is 0 Å². The average Bonchev–Trinajstić information content (AvgIpc) is 1.68. The Morgan fingerprint density at radius 1 is 1.57 bits per heavy atom. The van der Waals surface area contributed by atoms with Gasteiger partial charge in [0.2, 0.25) is 0 Å². The molecule has 0 atom stereocenters. The van der Waals surface area contributed by atoms with E-state index >= 15 is 0 Å². The highest BCUT2D eigenvalue weighted by atomic mass is 32.1. The van der Waals surface area contributed by atoms with E-state index in [9.17, 15) is 0 Å². The van der Waals surface area contributed by atoms with Crippen molar-refractivity contribution in [3.8, 4) is 0 Å². The summed E-state index contributed by atoms with van der Waals surface area (Å²) in [7, 11) is 0. The fourth-order valence-corrected chi connectivity index (χ4v) is 0.449. The molecular formula is C6H10S. The molecule has 0 saturated carbocycles. The highest BCUT2D eigenvalue weighted by Gasteiger charge is 1.70. The van der Waals surface area contributed by atoms with Crippen LogP contribution in [0.3, 0.4) is 0 Å². The quantitative estimate of drug-likeness (QED) is 0.393. The summed E-state index contributed by atoms with van der Waals surface area (Å²) < 4.78 is 0. The van der Waals surface area contributed by atoms with Gasteiger partial charge in [-0.05, 0) is 19.3 Å². The Bertz CT molecular complexity index is 90.4. The molecule has 0 rings (SSSR count). The molecule has 40 valence electrons. The van der Waals surface area contributed by atoms with E-state index in [1.807, 2.05) is 26.0 Å². The molecule has 0 aromatic rings. The van der Waals surface area contributed by atoms with Crippen molar-refractivity contribution in [1.29, 1.82) is 0 Å². The minimum atomic E-state index is 1.25. The maximum atomic E-state index is 3.89. The van der Waals surface area contributed by atoms with Crippen molar-refractivity contribution in [2.75, 3.05) is 0 Å². The Hall–Kier alpha value is -0.170. The van der Waals surface area contributed by atoms with E-state index in [2.05, 4.69) is 12.6 Å². The van der Waals surface area contributed by atoms with Crippen LogP contribution in [0.2, 0.25) is 0 Å². The third kappa shape index (κ3) is 3.67. The Morgan fingerprint density at radius 3 is 2.29 bits per heavy atom. The van der Waals surface area contributed by atoms with Crippen LogP contribution in [0, 0.1) is 0 Å². The van der Waals surface area contributed by atoms with Gasteiger partial charge in [-0.15, -0.1) is 0 Å². The Balaban J connectivity index is 3.58. The molecule has 0 saturated heterocycles. The van der Waals surface area contributed by atoms with E-state index in [1.54, 1.807) is 5.41 Å². The molecule has 0 heterocycles. The molecule has 0 fully saturated rings. The van der Waals surface area contributed by atoms with Crippen molar-refractivity contribution >= 4 is 12.6 Å². The highest BCUT2D eigenvalue weighted by molar-refractivity contribution is 7.83. The molecule has 0 amide bonds. The van der Waals surface area contributed by atoms with Crippen molar-refractivity contribution in [3.05, 3.63) is 23.1 Å². The van der Waals surface area contributed by atoms with Crippen molar-refractivity contribution < 1.29 is 0 Å². The zero-order valence-corrected chi connectivity index (χ0v) is 5.57. The van der Waals surface area contributed by atoms with Gasteiger partial charge in [0.15, 0.2) is 0 Å². The van der Waals surface area contributed by atoms with E-state index in [0.717, 1.165) is 0 Å². The summed E-state index contributed by atoms with van der Waals surface area (Å²) in [5.74, 6) is 0. The molecule has 0 spiro atoms. The van der Waals surface area contributed by atoms with Gasteiger partial charge >= 0.3 is 0 Å². The largest absolute Gasteiger partial charge is 0.151 e. The summed E-state index contributed by atoms with van der Waals surface area (Å²) in [6.45, 7) is 4.04. The van der Waals surface area contributed by atoms with Crippen LogP contribution in [0.1, 0.15) is 13.8 Å². The van der Waals surface area contributed by atoms with Gasteiger partial charge in [-0.3, -0.25) is 0 Å². The molecule has 0 aliphatic carbocycles. The number of thiol groups is 1. The predicted molar refractivity (Wildman–Crippen MR) is 37.6 cm³/mol. The van der Waals surface area contributed by atoms with E-state index in [0.29, 0.717) is 0 Å². The first-order chi connectivity index (χ1) is 3.31. The van der Waals surface area contributed by atoms with Crippen LogP contribution in [0.25, 0.3) is 0 Å². The van der Waals surface area contributed by atoms with E-state index in [1.165, 1.54) is 5.57 Å². The number of hydrogen-bond donors (Lipinski definition) is 1. The van der Waals surface area contributed by atoms with Crippen LogP contribution in [0.5, 0.6) is 0 Å². The lowest BCUT2D eigenvalue weighted by atomic mass is 10.3. The Morgan fingerprint density at radius 2 is 2.14 bits per heavy atom. The number of hydrogen-bond acceptors (Lipinski definition) is 1. The lowest BCUT2D eigenvalue weighted by molar-refractivity contribution is 1.49. The van der Waals surface area contributed by atoms with Crippen LogP contribution < -0.4 is 0 Å². The van der Waals surface area contributed by atoms with Gasteiger partial charge < -0.3 is 0 Å². The second kappa shape index (κ2) is 4.00. The van der Waals surface area contributed by atoms with Gasteiger partial charge in [-0.25, -0.2) is 0 Å². The van der Waals surface area contributed by atoms with Crippen LogP contribution in [0.4, 0.5) is 0 Å². The zero-order chi connectivity index (χ0) is 5.70. The van der Waals surface area contributed by atoms with Crippen LogP contribution in [-0.2, 0) is 0 Å². The third-order valence-electron chi connectivity index (χ3n) is 0.793. The Labute approximate surface area is 50.3 Å². The van der Waals surface area contributed by atoms with Gasteiger partial charge in [0, 0.05) is 0 Å². The standard InChI is InChI=1S/C6H10S/c1-3-6(2)4-5-7/h3-5,7H,1-2H3/b5-4-,6-3+. The predicted octanol–water partition coefficient (Wildman–Crippen LogP) is 2.40. The molecule has 0 aromatic heterocycles. The molecular weight excluding hydrogens is 104 g/mol. The van der Waals surface area contributed by atoms with Crippen molar-refractivity contribution in [1.82, 2.24) is 0 Å². The molecule has 0 bridgehead atoms. The first-order valence-electron chi connectivity index (χ1n) is 2.25. The summed E-state index contributed by atoms with van der Waals surface area (Å²) in [5, 5.41) is 1.73. The van der Waals surface area contributed by atoms with E-state index in [4.69, 9.17) is 0 Å². The number of allylic oxidation sites excluding steroid dienone is 3. The average molecular weight is 114 g/mol. The van der Waals surface area contributed by atoms with Crippen molar-refractivity contribution in [2.24, 2.45) is 0 Å². The molecule has 0 N–H and O–H groups in total. The van der Waals surface area contributed by atoms with E-state index < -0.39 is 0 Å². The molecule has 0 radical (unpaired) electrons. The van der Waals surface area contributed by atoms with Crippen LogP contribution >= 0.6 is 12.6 Å². The lowest BCUT2D eigenvalue weighted by Crippen LogP contribution is -1.59. The molecule has 0 aliphatic heterocycles. The van der Waals surface area contributed by atoms with Crippen molar-refractivity contribution in [2.45, 2.75) is 13.8 Å². The smallest absolute Gasteiger partial charge is 0.0322 e. The van der Waals surface area contributed by atoms with E-state index in [-0.39, 0.29) is 0 Å². The molecule has 0 unspecified atom stereocenters. The first kappa shape index (κ1) is 6.83. The molecule has 0 aromatic carbocycles. The van der Waals surface area contributed by atoms with Crippen LogP contribution in [-0.4, -0.2) is 0 Å². The minimum absolute atomic E-state index is 1.25. The maximum Gasteiger partial charge on any atom is -0.0322 e. The zero-order valence-electron chi connectivity index (χ0n) is 4.68. The Kier molecular flexibility index (Phi) is 3.90. The summed E-state index contributed by atoms with van der Waals surface area (Å²) in [5.41, 5.74) is 1.25. The lowest BCUT2D eigenvalue weighted by Gasteiger charge is -1.81. The normalized spacial score (nSPS) is 13.3. The maximum absolute atomic E-state index is 3.89.